The van der Waals surface area contributed by atoms with Crippen LogP contribution >= 0.6 is 22.7 Å². The summed E-state index contributed by atoms with van der Waals surface area (Å²) in [6.45, 7) is 4.38. The van der Waals surface area contributed by atoms with E-state index in [4.69, 9.17) is 4.74 Å². The largest absolute Gasteiger partial charge is 0.465 e. The number of esters is 1. The lowest BCUT2D eigenvalue weighted by Gasteiger charge is -2.35. The van der Waals surface area contributed by atoms with Crippen LogP contribution < -0.4 is 0 Å². The number of hydrogen-bond donors (Lipinski definition) is 0. The Balaban J connectivity index is 1.50. The molecule has 0 amide bonds. The van der Waals surface area contributed by atoms with E-state index in [1.807, 2.05) is 17.5 Å². The molecular weight excluding hydrogens is 484 g/mol. The quantitative estimate of drug-likeness (QED) is 0.277. The van der Waals surface area contributed by atoms with Gasteiger partial charge in [-0.2, -0.15) is 0 Å². The number of rotatable bonds is 4. The molecule has 0 saturated heterocycles. The maximum atomic E-state index is 12.9. The number of carbonyl (C=O) groups excluding carboxylic acids is 1. The molecule has 0 bridgehead atoms. The summed E-state index contributed by atoms with van der Waals surface area (Å²) >= 11 is 3.09. The number of ether oxygens (including phenoxy) is 1. The van der Waals surface area contributed by atoms with Gasteiger partial charge in [-0.1, -0.05) is 37.8 Å². The van der Waals surface area contributed by atoms with Gasteiger partial charge in [0.2, 0.25) is 0 Å². The van der Waals surface area contributed by atoms with Gasteiger partial charge in [-0.25, -0.2) is 9.78 Å². The van der Waals surface area contributed by atoms with Crippen molar-refractivity contribution in [2.45, 2.75) is 39.0 Å². The fourth-order valence-electron chi connectivity index (χ4n) is 5.35. The molecule has 36 heavy (non-hydrogen) atoms. The number of thiophene rings is 1. The normalized spacial score (nSPS) is 20.6. The number of carbonyl (C=O) groups is 1. The molecule has 0 N–H and O–H groups in total. The SMILES string of the molecule is COC(=O)c1sc(-c2ccc(C#Cc3cscn3)cc2)cc1C1=C(C2CCC(C)CC2)CN(C)CC1. The molecule has 0 unspecified atom stereocenters. The first-order valence-electron chi connectivity index (χ1n) is 12.7. The standard InChI is InChI=1S/C30H32N2O2S2/c1-20-4-9-22(10-5-20)27-17-32(2)15-14-25(27)26-16-28(36-29(26)30(33)34-3)23-11-6-21(7-12-23)8-13-24-18-35-19-31-24/h6-7,11-12,16,18-20,22H,4-5,9-10,14-15,17H2,1-3H3. The van der Waals surface area contributed by atoms with Gasteiger partial charge in [-0.05, 0) is 79.0 Å². The summed E-state index contributed by atoms with van der Waals surface area (Å²) in [5.74, 6) is 7.48. The second-order valence-corrected chi connectivity index (χ2v) is 11.8. The van der Waals surface area contributed by atoms with Gasteiger partial charge in [-0.3, -0.25) is 0 Å². The van der Waals surface area contributed by atoms with E-state index in [1.54, 1.807) is 16.8 Å². The van der Waals surface area contributed by atoms with E-state index in [1.165, 1.54) is 55.3 Å². The van der Waals surface area contributed by atoms with Crippen molar-refractivity contribution >= 4 is 34.2 Å². The summed E-state index contributed by atoms with van der Waals surface area (Å²) in [7, 11) is 3.69. The van der Waals surface area contributed by atoms with E-state index >= 15 is 0 Å². The molecule has 4 nitrogen and oxygen atoms in total. The van der Waals surface area contributed by atoms with E-state index in [0.29, 0.717) is 5.92 Å². The molecule has 3 aromatic rings. The predicted octanol–water partition coefficient (Wildman–Crippen LogP) is 6.97. The van der Waals surface area contributed by atoms with Crippen molar-refractivity contribution in [3.05, 3.63) is 68.5 Å². The van der Waals surface area contributed by atoms with Gasteiger partial charge in [-0.15, -0.1) is 22.7 Å². The van der Waals surface area contributed by atoms with Crippen molar-refractivity contribution in [2.24, 2.45) is 11.8 Å². The molecule has 0 atom stereocenters. The number of hydrogen-bond acceptors (Lipinski definition) is 6. The maximum Gasteiger partial charge on any atom is 0.348 e. The Hall–Kier alpha value is -2.72. The van der Waals surface area contributed by atoms with Gasteiger partial charge in [0.25, 0.3) is 0 Å². The number of likely N-dealkylation sites (N-methyl/N-ethyl adjacent to an activating group) is 1. The van der Waals surface area contributed by atoms with Crippen LogP contribution in [0.1, 0.15) is 65.5 Å². The van der Waals surface area contributed by atoms with E-state index < -0.39 is 0 Å². The zero-order valence-corrected chi connectivity index (χ0v) is 22.8. The molecule has 6 heteroatoms. The van der Waals surface area contributed by atoms with Crippen LogP contribution in [0.5, 0.6) is 0 Å². The fraction of sp³-hybridized carbons (Fsp3) is 0.400. The first kappa shape index (κ1) is 25.0. The maximum absolute atomic E-state index is 12.9. The number of nitrogens with zero attached hydrogens (tertiary/aromatic N) is 2. The molecule has 2 aliphatic rings. The highest BCUT2D eigenvalue weighted by atomic mass is 32.1. The molecule has 186 valence electrons. The van der Waals surface area contributed by atoms with Crippen molar-refractivity contribution in [1.82, 2.24) is 9.88 Å². The minimum absolute atomic E-state index is 0.241. The van der Waals surface area contributed by atoms with Crippen molar-refractivity contribution in [2.75, 3.05) is 27.2 Å². The lowest BCUT2D eigenvalue weighted by Crippen LogP contribution is -2.31. The summed E-state index contributed by atoms with van der Waals surface area (Å²) in [4.78, 5) is 21.4. The highest BCUT2D eigenvalue weighted by Crippen LogP contribution is 2.43. The third-order valence-electron chi connectivity index (χ3n) is 7.44. The van der Waals surface area contributed by atoms with Gasteiger partial charge in [0.15, 0.2) is 0 Å². The van der Waals surface area contributed by atoms with Crippen LogP contribution in [0.25, 0.3) is 16.0 Å². The first-order valence-corrected chi connectivity index (χ1v) is 14.4. The smallest absolute Gasteiger partial charge is 0.348 e. The number of methoxy groups -OCH3 is 1. The summed E-state index contributed by atoms with van der Waals surface area (Å²) < 4.78 is 5.23. The van der Waals surface area contributed by atoms with Gasteiger partial charge >= 0.3 is 5.97 Å². The van der Waals surface area contributed by atoms with Gasteiger partial charge < -0.3 is 9.64 Å². The minimum atomic E-state index is -0.241. The zero-order chi connectivity index (χ0) is 25.1. The third-order valence-corrected chi connectivity index (χ3v) is 9.20. The van der Waals surface area contributed by atoms with E-state index in [0.717, 1.165) is 57.6 Å². The fourth-order valence-corrected chi connectivity index (χ4v) is 6.94. The third kappa shape index (κ3) is 5.49. The Morgan fingerprint density at radius 1 is 1.14 bits per heavy atom. The van der Waals surface area contributed by atoms with E-state index in [9.17, 15) is 4.79 Å². The first-order chi connectivity index (χ1) is 17.5. The summed E-state index contributed by atoms with van der Waals surface area (Å²) in [5, 5.41) is 1.95. The molecule has 3 heterocycles. The van der Waals surface area contributed by atoms with Crippen LogP contribution in [0.3, 0.4) is 0 Å². The minimum Gasteiger partial charge on any atom is -0.465 e. The topological polar surface area (TPSA) is 42.4 Å². The molecule has 0 radical (unpaired) electrons. The molecule has 1 aliphatic heterocycles. The average molecular weight is 517 g/mol. The lowest BCUT2D eigenvalue weighted by atomic mass is 9.75. The molecule has 2 aromatic heterocycles. The van der Waals surface area contributed by atoms with Crippen molar-refractivity contribution in [3.63, 3.8) is 0 Å². The van der Waals surface area contributed by atoms with Crippen LogP contribution in [0.2, 0.25) is 0 Å². The molecule has 5 rings (SSSR count). The number of benzene rings is 1. The van der Waals surface area contributed by atoms with Crippen LogP contribution in [-0.4, -0.2) is 43.1 Å². The Bertz CT molecular complexity index is 1300. The Morgan fingerprint density at radius 2 is 1.92 bits per heavy atom. The monoisotopic (exact) mass is 516 g/mol. The number of aromatic nitrogens is 1. The van der Waals surface area contributed by atoms with Crippen molar-refractivity contribution in [1.29, 1.82) is 0 Å². The highest BCUT2D eigenvalue weighted by Gasteiger charge is 2.30. The Labute approximate surface area is 222 Å². The lowest BCUT2D eigenvalue weighted by molar-refractivity contribution is 0.0606. The van der Waals surface area contributed by atoms with Crippen molar-refractivity contribution in [3.8, 4) is 22.3 Å². The zero-order valence-electron chi connectivity index (χ0n) is 21.2. The van der Waals surface area contributed by atoms with E-state index in [-0.39, 0.29) is 5.97 Å². The molecule has 0 spiro atoms. The molecular formula is C30H32N2O2S2. The highest BCUT2D eigenvalue weighted by molar-refractivity contribution is 7.17. The van der Waals surface area contributed by atoms with Crippen molar-refractivity contribution < 1.29 is 9.53 Å². The summed E-state index contributed by atoms with van der Waals surface area (Å²) in [5.41, 5.74) is 8.63. The van der Waals surface area contributed by atoms with E-state index in [2.05, 4.69) is 53.9 Å². The average Bonchev–Trinajstić information content (AvgIpc) is 3.58. The van der Waals surface area contributed by atoms with Gasteiger partial charge in [0.05, 0.1) is 12.6 Å². The van der Waals surface area contributed by atoms with Gasteiger partial charge in [0, 0.05) is 34.5 Å². The van der Waals surface area contributed by atoms with Crippen LogP contribution in [0.15, 0.2) is 46.8 Å². The van der Waals surface area contributed by atoms with Crippen LogP contribution in [0, 0.1) is 23.7 Å². The Kier molecular flexibility index (Phi) is 7.71. The number of thiazole rings is 1. The summed E-state index contributed by atoms with van der Waals surface area (Å²) in [6.07, 6.45) is 6.07. The summed E-state index contributed by atoms with van der Waals surface area (Å²) in [6, 6.07) is 10.5. The van der Waals surface area contributed by atoms with Gasteiger partial charge in [0.1, 0.15) is 10.6 Å². The Morgan fingerprint density at radius 3 is 2.61 bits per heavy atom. The molecule has 1 saturated carbocycles. The second-order valence-electron chi connectivity index (χ2n) is 9.99. The molecule has 1 fully saturated rings. The molecule has 1 aliphatic carbocycles. The van der Waals surface area contributed by atoms with Crippen LogP contribution in [0.4, 0.5) is 0 Å². The molecule has 1 aromatic carbocycles. The second kappa shape index (κ2) is 11.1. The predicted molar refractivity (Wildman–Crippen MR) is 149 cm³/mol. The van der Waals surface area contributed by atoms with Crippen LogP contribution in [-0.2, 0) is 4.74 Å².